The smallest absolute Gasteiger partial charge is 0.0223 e. The van der Waals surface area contributed by atoms with Gasteiger partial charge in [-0.2, -0.15) is 0 Å². The Morgan fingerprint density at radius 3 is 2.47 bits per heavy atom. The van der Waals surface area contributed by atoms with Crippen LogP contribution in [0.1, 0.15) is 58.8 Å². The maximum atomic E-state index is 3.50. The van der Waals surface area contributed by atoms with Crippen molar-refractivity contribution in [1.82, 2.24) is 10.2 Å². The van der Waals surface area contributed by atoms with Crippen molar-refractivity contribution >= 4 is 0 Å². The molecule has 1 heterocycles. The van der Waals surface area contributed by atoms with E-state index < -0.39 is 0 Å². The molecule has 0 radical (unpaired) electrons. The number of likely N-dealkylation sites (tertiary alicyclic amines) is 1. The van der Waals surface area contributed by atoms with Crippen LogP contribution in [0.25, 0.3) is 0 Å². The summed E-state index contributed by atoms with van der Waals surface area (Å²) < 4.78 is 0. The second-order valence-electron chi connectivity index (χ2n) is 6.04. The molecule has 0 aromatic heterocycles. The van der Waals surface area contributed by atoms with Crippen LogP contribution in [0.3, 0.4) is 0 Å². The molecule has 2 heteroatoms. The average Bonchev–Trinajstić information content (AvgIpc) is 3.01. The van der Waals surface area contributed by atoms with E-state index in [2.05, 4.69) is 31.1 Å². The van der Waals surface area contributed by atoms with Gasteiger partial charge in [0.05, 0.1) is 0 Å². The van der Waals surface area contributed by atoms with E-state index in [0.29, 0.717) is 12.1 Å². The van der Waals surface area contributed by atoms with Crippen molar-refractivity contribution < 1.29 is 0 Å². The van der Waals surface area contributed by atoms with E-state index in [-0.39, 0.29) is 0 Å². The highest BCUT2D eigenvalue weighted by molar-refractivity contribution is 4.92. The first kappa shape index (κ1) is 13.4. The van der Waals surface area contributed by atoms with Crippen molar-refractivity contribution in [2.45, 2.75) is 76.9 Å². The molecule has 100 valence electrons. The predicted molar refractivity (Wildman–Crippen MR) is 74.3 cm³/mol. The molecule has 2 rings (SSSR count). The molecule has 3 unspecified atom stereocenters. The molecular weight excluding hydrogens is 208 g/mol. The SMILES string of the molecule is CCC(NC)C(C)N1CCCC1C1CCCC1. The van der Waals surface area contributed by atoms with E-state index in [4.69, 9.17) is 0 Å². The van der Waals surface area contributed by atoms with Crippen LogP contribution in [-0.2, 0) is 0 Å². The van der Waals surface area contributed by atoms with Crippen LogP contribution in [0.15, 0.2) is 0 Å². The first-order valence-corrected chi connectivity index (χ1v) is 7.71. The summed E-state index contributed by atoms with van der Waals surface area (Å²) in [5.74, 6) is 1.01. The Labute approximate surface area is 107 Å². The van der Waals surface area contributed by atoms with Gasteiger partial charge in [0.15, 0.2) is 0 Å². The molecule has 2 fully saturated rings. The Morgan fingerprint density at radius 1 is 1.18 bits per heavy atom. The van der Waals surface area contributed by atoms with E-state index in [1.807, 2.05) is 0 Å². The normalized spacial score (nSPS) is 30.9. The fourth-order valence-corrected chi connectivity index (χ4v) is 4.19. The molecule has 1 aliphatic heterocycles. The number of nitrogens with one attached hydrogen (secondary N) is 1. The summed E-state index contributed by atoms with van der Waals surface area (Å²) in [6.45, 7) is 6.07. The van der Waals surface area contributed by atoms with Crippen LogP contribution in [-0.4, -0.2) is 36.6 Å². The first-order valence-electron chi connectivity index (χ1n) is 7.71. The third-order valence-corrected chi connectivity index (χ3v) is 5.20. The van der Waals surface area contributed by atoms with Gasteiger partial charge in [0.2, 0.25) is 0 Å². The fourth-order valence-electron chi connectivity index (χ4n) is 4.19. The standard InChI is InChI=1S/C15H30N2/c1-4-14(16-3)12(2)17-11-7-10-15(17)13-8-5-6-9-13/h12-16H,4-11H2,1-3H3. The number of hydrogen-bond donors (Lipinski definition) is 1. The zero-order valence-electron chi connectivity index (χ0n) is 11.9. The highest BCUT2D eigenvalue weighted by atomic mass is 15.2. The lowest BCUT2D eigenvalue weighted by Crippen LogP contribution is -2.50. The van der Waals surface area contributed by atoms with Gasteiger partial charge in [-0.3, -0.25) is 4.90 Å². The fraction of sp³-hybridized carbons (Fsp3) is 1.00. The van der Waals surface area contributed by atoms with Gasteiger partial charge in [0, 0.05) is 18.1 Å². The van der Waals surface area contributed by atoms with Crippen LogP contribution in [0.5, 0.6) is 0 Å². The Balaban J connectivity index is 1.97. The summed E-state index contributed by atoms with van der Waals surface area (Å²) in [6.07, 6.45) is 10.1. The molecule has 2 aliphatic rings. The zero-order chi connectivity index (χ0) is 12.3. The van der Waals surface area contributed by atoms with Gasteiger partial charge < -0.3 is 5.32 Å². The molecule has 1 aliphatic carbocycles. The molecule has 17 heavy (non-hydrogen) atoms. The van der Waals surface area contributed by atoms with Gasteiger partial charge in [0.1, 0.15) is 0 Å². The summed E-state index contributed by atoms with van der Waals surface area (Å²) in [4.78, 5) is 2.82. The van der Waals surface area contributed by atoms with Crippen molar-refractivity contribution in [3.63, 3.8) is 0 Å². The van der Waals surface area contributed by atoms with Crippen LogP contribution < -0.4 is 5.32 Å². The Bertz CT molecular complexity index is 219. The lowest BCUT2D eigenvalue weighted by molar-refractivity contribution is 0.118. The lowest BCUT2D eigenvalue weighted by Gasteiger charge is -2.38. The highest BCUT2D eigenvalue weighted by Gasteiger charge is 2.36. The molecule has 0 spiro atoms. The van der Waals surface area contributed by atoms with Crippen molar-refractivity contribution in [2.75, 3.05) is 13.6 Å². The van der Waals surface area contributed by atoms with Crippen molar-refractivity contribution in [3.05, 3.63) is 0 Å². The molecule has 1 saturated carbocycles. The second-order valence-corrected chi connectivity index (χ2v) is 6.04. The third-order valence-electron chi connectivity index (χ3n) is 5.20. The van der Waals surface area contributed by atoms with Crippen molar-refractivity contribution in [3.8, 4) is 0 Å². The van der Waals surface area contributed by atoms with E-state index in [9.17, 15) is 0 Å². The van der Waals surface area contributed by atoms with Gasteiger partial charge in [-0.1, -0.05) is 19.8 Å². The minimum Gasteiger partial charge on any atom is -0.315 e. The van der Waals surface area contributed by atoms with Gasteiger partial charge >= 0.3 is 0 Å². The number of nitrogens with zero attached hydrogens (tertiary/aromatic N) is 1. The topological polar surface area (TPSA) is 15.3 Å². The largest absolute Gasteiger partial charge is 0.315 e. The van der Waals surface area contributed by atoms with E-state index >= 15 is 0 Å². The van der Waals surface area contributed by atoms with Crippen LogP contribution in [0.2, 0.25) is 0 Å². The molecule has 2 nitrogen and oxygen atoms in total. The summed E-state index contributed by atoms with van der Waals surface area (Å²) in [5.41, 5.74) is 0. The molecule has 3 atom stereocenters. The number of hydrogen-bond acceptors (Lipinski definition) is 2. The van der Waals surface area contributed by atoms with Crippen molar-refractivity contribution in [1.29, 1.82) is 0 Å². The summed E-state index contributed by atoms with van der Waals surface area (Å²) in [5, 5.41) is 3.50. The van der Waals surface area contributed by atoms with E-state index in [0.717, 1.165) is 12.0 Å². The van der Waals surface area contributed by atoms with Gasteiger partial charge in [-0.25, -0.2) is 0 Å². The molecule has 1 saturated heterocycles. The van der Waals surface area contributed by atoms with Gasteiger partial charge in [0.25, 0.3) is 0 Å². The Kier molecular flexibility index (Phi) is 4.87. The minimum atomic E-state index is 0.664. The third kappa shape index (κ3) is 2.85. The predicted octanol–water partition coefficient (Wildman–Crippen LogP) is 3.03. The average molecular weight is 238 g/mol. The minimum absolute atomic E-state index is 0.664. The van der Waals surface area contributed by atoms with Gasteiger partial charge in [-0.15, -0.1) is 0 Å². The van der Waals surface area contributed by atoms with Crippen LogP contribution in [0.4, 0.5) is 0 Å². The monoisotopic (exact) mass is 238 g/mol. The zero-order valence-corrected chi connectivity index (χ0v) is 11.9. The maximum Gasteiger partial charge on any atom is 0.0223 e. The lowest BCUT2D eigenvalue weighted by atomic mass is 9.94. The second kappa shape index (κ2) is 6.19. The van der Waals surface area contributed by atoms with E-state index in [1.165, 1.54) is 51.5 Å². The summed E-state index contributed by atoms with van der Waals surface area (Å²) >= 11 is 0. The molecular formula is C15H30N2. The first-order chi connectivity index (χ1) is 8.27. The number of rotatable bonds is 5. The summed E-state index contributed by atoms with van der Waals surface area (Å²) in [7, 11) is 2.12. The molecule has 0 bridgehead atoms. The highest BCUT2D eigenvalue weighted by Crippen LogP contribution is 2.36. The maximum absolute atomic E-state index is 3.50. The number of likely N-dealkylation sites (N-methyl/N-ethyl adjacent to an activating group) is 1. The van der Waals surface area contributed by atoms with E-state index in [1.54, 1.807) is 0 Å². The molecule has 0 aromatic rings. The quantitative estimate of drug-likeness (QED) is 0.792. The van der Waals surface area contributed by atoms with Gasteiger partial charge in [-0.05, 0) is 58.5 Å². The molecule has 1 N–H and O–H groups in total. The molecule has 0 aromatic carbocycles. The van der Waals surface area contributed by atoms with Crippen LogP contribution in [0, 0.1) is 5.92 Å². The van der Waals surface area contributed by atoms with Crippen molar-refractivity contribution in [2.24, 2.45) is 5.92 Å². The Morgan fingerprint density at radius 2 is 1.88 bits per heavy atom. The molecule has 0 amide bonds. The summed E-state index contributed by atoms with van der Waals surface area (Å²) in [6, 6.07) is 2.27. The Hall–Kier alpha value is -0.0800. The van der Waals surface area contributed by atoms with Crippen LogP contribution >= 0.6 is 0 Å².